The van der Waals surface area contributed by atoms with Crippen molar-refractivity contribution in [3.8, 4) is 0 Å². The summed E-state index contributed by atoms with van der Waals surface area (Å²) in [7, 11) is 0. The van der Waals surface area contributed by atoms with E-state index in [0.29, 0.717) is 5.82 Å². The topological polar surface area (TPSA) is 51.8 Å². The van der Waals surface area contributed by atoms with Crippen LogP contribution >= 0.6 is 12.2 Å². The average Bonchev–Trinajstić information content (AvgIpc) is 1.85. The Bertz CT molecular complexity index is 275. The number of nitrogens with two attached hydrogens (primary N) is 1. The summed E-state index contributed by atoms with van der Waals surface area (Å²) >= 11 is 4.73. The molecule has 0 aliphatic heterocycles. The van der Waals surface area contributed by atoms with Crippen molar-refractivity contribution in [3.05, 3.63) is 23.3 Å². The van der Waals surface area contributed by atoms with Gasteiger partial charge in [0, 0.05) is 11.4 Å². The fraction of sp³-hybridized carbons (Fsp3) is 0.286. The van der Waals surface area contributed by atoms with Crippen molar-refractivity contribution in [2.24, 2.45) is 5.73 Å². The maximum Gasteiger partial charge on any atom is 0.187 e. The summed E-state index contributed by atoms with van der Waals surface area (Å²) in [5, 5.41) is 0. The average molecular weight is 167 g/mol. The van der Waals surface area contributed by atoms with Gasteiger partial charge in [0.15, 0.2) is 5.82 Å². The third kappa shape index (κ3) is 1.94. The third-order valence-electron chi connectivity index (χ3n) is 1.20. The van der Waals surface area contributed by atoms with Crippen LogP contribution in [0.4, 0.5) is 0 Å². The SMILES string of the molecule is Cc1cc(C)nc(C(N)=S)n1. The van der Waals surface area contributed by atoms with Gasteiger partial charge in [-0.25, -0.2) is 9.97 Å². The molecule has 0 aliphatic carbocycles. The standard InChI is InChI=1S/C7H9N3S/c1-4-3-5(2)10-7(9-4)6(8)11/h3H,1-2H3,(H2,8,11). The molecule has 3 nitrogen and oxygen atoms in total. The summed E-state index contributed by atoms with van der Waals surface area (Å²) in [5.74, 6) is 0.456. The molecule has 0 amide bonds. The van der Waals surface area contributed by atoms with E-state index in [9.17, 15) is 0 Å². The molecule has 0 aromatic carbocycles. The predicted molar refractivity (Wildman–Crippen MR) is 47.4 cm³/mol. The zero-order valence-corrected chi connectivity index (χ0v) is 7.27. The number of hydrogen-bond donors (Lipinski definition) is 1. The molecule has 11 heavy (non-hydrogen) atoms. The lowest BCUT2D eigenvalue weighted by Crippen LogP contribution is -2.14. The molecule has 1 heterocycles. The molecule has 0 aliphatic rings. The van der Waals surface area contributed by atoms with Crippen LogP contribution in [0.15, 0.2) is 6.07 Å². The number of rotatable bonds is 1. The first-order valence-corrected chi connectivity index (χ1v) is 3.62. The smallest absolute Gasteiger partial charge is 0.187 e. The second kappa shape index (κ2) is 2.92. The van der Waals surface area contributed by atoms with Gasteiger partial charge in [0.25, 0.3) is 0 Å². The minimum Gasteiger partial charge on any atom is -0.387 e. The van der Waals surface area contributed by atoms with E-state index in [1.165, 1.54) is 0 Å². The maximum atomic E-state index is 5.36. The van der Waals surface area contributed by atoms with Crippen LogP contribution in [0.25, 0.3) is 0 Å². The first-order chi connectivity index (χ1) is 5.09. The molecule has 1 aromatic rings. The first-order valence-electron chi connectivity index (χ1n) is 3.21. The van der Waals surface area contributed by atoms with Gasteiger partial charge in [-0.15, -0.1) is 0 Å². The minimum absolute atomic E-state index is 0.247. The largest absolute Gasteiger partial charge is 0.387 e. The molecule has 58 valence electrons. The fourth-order valence-electron chi connectivity index (χ4n) is 0.836. The molecule has 0 unspecified atom stereocenters. The van der Waals surface area contributed by atoms with Crippen LogP contribution in [-0.4, -0.2) is 15.0 Å². The van der Waals surface area contributed by atoms with Crippen molar-refractivity contribution in [2.45, 2.75) is 13.8 Å². The quantitative estimate of drug-likeness (QED) is 0.626. The Kier molecular flexibility index (Phi) is 2.14. The van der Waals surface area contributed by atoms with Crippen molar-refractivity contribution < 1.29 is 0 Å². The van der Waals surface area contributed by atoms with E-state index in [1.54, 1.807) is 0 Å². The minimum atomic E-state index is 0.247. The van der Waals surface area contributed by atoms with E-state index >= 15 is 0 Å². The summed E-state index contributed by atoms with van der Waals surface area (Å²) in [6.07, 6.45) is 0. The molecular weight excluding hydrogens is 158 g/mol. The third-order valence-corrected chi connectivity index (χ3v) is 1.39. The number of thiocarbonyl (C=S) groups is 1. The molecule has 0 saturated carbocycles. The van der Waals surface area contributed by atoms with Crippen LogP contribution in [0, 0.1) is 13.8 Å². The first kappa shape index (κ1) is 8.07. The van der Waals surface area contributed by atoms with Gasteiger partial charge in [-0.2, -0.15) is 0 Å². The number of nitrogens with zero attached hydrogens (tertiary/aromatic N) is 2. The Morgan fingerprint density at radius 2 is 1.82 bits per heavy atom. The monoisotopic (exact) mass is 167 g/mol. The Morgan fingerprint density at radius 3 is 2.18 bits per heavy atom. The van der Waals surface area contributed by atoms with Gasteiger partial charge in [-0.3, -0.25) is 0 Å². The van der Waals surface area contributed by atoms with E-state index in [0.717, 1.165) is 11.4 Å². The highest BCUT2D eigenvalue weighted by Crippen LogP contribution is 1.98. The van der Waals surface area contributed by atoms with Crippen LogP contribution in [0.3, 0.4) is 0 Å². The molecule has 1 aromatic heterocycles. The van der Waals surface area contributed by atoms with Crippen LogP contribution in [0.2, 0.25) is 0 Å². The highest BCUT2D eigenvalue weighted by molar-refractivity contribution is 7.80. The van der Waals surface area contributed by atoms with Gasteiger partial charge in [-0.05, 0) is 19.9 Å². The molecule has 4 heteroatoms. The summed E-state index contributed by atoms with van der Waals surface area (Å²) in [5.41, 5.74) is 7.14. The van der Waals surface area contributed by atoms with Gasteiger partial charge in [0.2, 0.25) is 0 Å². The van der Waals surface area contributed by atoms with Gasteiger partial charge < -0.3 is 5.73 Å². The van der Waals surface area contributed by atoms with Crippen LogP contribution in [0.5, 0.6) is 0 Å². The summed E-state index contributed by atoms with van der Waals surface area (Å²) in [6.45, 7) is 3.77. The van der Waals surface area contributed by atoms with E-state index < -0.39 is 0 Å². The molecular formula is C7H9N3S. The van der Waals surface area contributed by atoms with Crippen molar-refractivity contribution in [3.63, 3.8) is 0 Å². The molecule has 1 rings (SSSR count). The molecule has 2 N–H and O–H groups in total. The zero-order valence-electron chi connectivity index (χ0n) is 6.46. The highest BCUT2D eigenvalue weighted by Gasteiger charge is 2.00. The van der Waals surface area contributed by atoms with Gasteiger partial charge in [-0.1, -0.05) is 12.2 Å². The zero-order chi connectivity index (χ0) is 8.43. The second-order valence-electron chi connectivity index (χ2n) is 2.34. The van der Waals surface area contributed by atoms with E-state index in [2.05, 4.69) is 9.97 Å². The molecule has 0 fully saturated rings. The van der Waals surface area contributed by atoms with Crippen molar-refractivity contribution in [2.75, 3.05) is 0 Å². The fourth-order valence-corrected chi connectivity index (χ4v) is 0.927. The van der Waals surface area contributed by atoms with Crippen LogP contribution in [0.1, 0.15) is 17.2 Å². The van der Waals surface area contributed by atoms with Gasteiger partial charge in [0.05, 0.1) is 0 Å². The molecule has 0 atom stereocenters. The highest BCUT2D eigenvalue weighted by atomic mass is 32.1. The summed E-state index contributed by atoms with van der Waals surface area (Å²) in [6, 6.07) is 1.88. The summed E-state index contributed by atoms with van der Waals surface area (Å²) in [4.78, 5) is 8.36. The summed E-state index contributed by atoms with van der Waals surface area (Å²) < 4.78 is 0. The molecule has 0 bridgehead atoms. The lowest BCUT2D eigenvalue weighted by molar-refractivity contribution is 1.03. The predicted octanol–water partition coefficient (Wildman–Crippen LogP) is 0.728. The van der Waals surface area contributed by atoms with E-state index in [4.69, 9.17) is 18.0 Å². The molecule has 0 saturated heterocycles. The Balaban J connectivity index is 3.19. The second-order valence-corrected chi connectivity index (χ2v) is 2.78. The molecule has 0 radical (unpaired) electrons. The van der Waals surface area contributed by atoms with Crippen LogP contribution in [-0.2, 0) is 0 Å². The van der Waals surface area contributed by atoms with E-state index in [-0.39, 0.29) is 4.99 Å². The lowest BCUT2D eigenvalue weighted by atomic mass is 10.3. The van der Waals surface area contributed by atoms with Gasteiger partial charge in [0.1, 0.15) is 4.99 Å². The number of hydrogen-bond acceptors (Lipinski definition) is 3. The van der Waals surface area contributed by atoms with Crippen molar-refractivity contribution >= 4 is 17.2 Å². The lowest BCUT2D eigenvalue weighted by Gasteiger charge is -1.99. The normalized spacial score (nSPS) is 9.64. The van der Waals surface area contributed by atoms with Crippen LogP contribution < -0.4 is 5.73 Å². The van der Waals surface area contributed by atoms with E-state index in [1.807, 2.05) is 19.9 Å². The number of aromatic nitrogens is 2. The van der Waals surface area contributed by atoms with Gasteiger partial charge >= 0.3 is 0 Å². The Labute approximate surface area is 70.7 Å². The number of aryl methyl sites for hydroxylation is 2. The van der Waals surface area contributed by atoms with Crippen molar-refractivity contribution in [1.29, 1.82) is 0 Å². The Hall–Kier alpha value is -1.03. The molecule has 0 spiro atoms. The maximum absolute atomic E-state index is 5.36. The Morgan fingerprint density at radius 1 is 1.36 bits per heavy atom. The van der Waals surface area contributed by atoms with Crippen molar-refractivity contribution in [1.82, 2.24) is 9.97 Å².